The third kappa shape index (κ3) is 1.82. The molecule has 7 heteroatoms. The molecule has 20 heavy (non-hydrogen) atoms. The first-order valence-corrected chi connectivity index (χ1v) is 7.55. The van der Waals surface area contributed by atoms with E-state index in [0.717, 1.165) is 46.0 Å². The summed E-state index contributed by atoms with van der Waals surface area (Å²) in [6, 6.07) is 2.18. The molecule has 0 saturated carbocycles. The Kier molecular flexibility index (Phi) is 2.75. The van der Waals surface area contributed by atoms with Crippen LogP contribution < -0.4 is 21.3 Å². The minimum absolute atomic E-state index is 0.00273. The third-order valence-electron chi connectivity index (χ3n) is 3.74. The molecule has 1 fully saturated rings. The average Bonchev–Trinajstić information content (AvgIpc) is 3.09. The maximum Gasteiger partial charge on any atom is 0.263 e. The van der Waals surface area contributed by atoms with Crippen LogP contribution in [-0.2, 0) is 0 Å². The fourth-order valence-corrected chi connectivity index (χ4v) is 3.80. The summed E-state index contributed by atoms with van der Waals surface area (Å²) in [5.74, 6) is -0.00273. The van der Waals surface area contributed by atoms with Gasteiger partial charge in [-0.05, 0) is 19.0 Å². The minimum Gasteiger partial charge on any atom is -0.367 e. The standard InChI is InChI=1S/C13H15N5OS/c19-12(18-7-1-3-14-5-7)11-10-9-8(16-6-17-10)2-4-15-13(9)20-11/h2,4,7,14,16-17H,1,3,5-6H2,(H,18,19). The third-order valence-corrected chi connectivity index (χ3v) is 4.83. The zero-order valence-corrected chi connectivity index (χ0v) is 11.6. The zero-order chi connectivity index (χ0) is 13.5. The number of aromatic nitrogens is 1. The number of carbonyl (C=O) groups excluding carboxylic acids is 1. The molecule has 2 aliphatic heterocycles. The van der Waals surface area contributed by atoms with Crippen molar-refractivity contribution in [2.75, 3.05) is 30.4 Å². The molecule has 6 nitrogen and oxygen atoms in total. The van der Waals surface area contributed by atoms with E-state index in [4.69, 9.17) is 0 Å². The van der Waals surface area contributed by atoms with E-state index in [1.54, 1.807) is 6.20 Å². The van der Waals surface area contributed by atoms with E-state index in [1.165, 1.54) is 11.3 Å². The van der Waals surface area contributed by atoms with E-state index in [0.29, 0.717) is 6.67 Å². The first kappa shape index (κ1) is 11.9. The summed E-state index contributed by atoms with van der Waals surface area (Å²) in [4.78, 5) is 18.5. The molecule has 0 spiro atoms. The molecule has 2 aromatic heterocycles. The lowest BCUT2D eigenvalue weighted by molar-refractivity contribution is 0.0945. The number of thiophene rings is 1. The lowest BCUT2D eigenvalue weighted by Crippen LogP contribution is -2.36. The molecule has 2 aromatic rings. The average molecular weight is 289 g/mol. The summed E-state index contributed by atoms with van der Waals surface area (Å²) in [5.41, 5.74) is 1.96. The van der Waals surface area contributed by atoms with E-state index < -0.39 is 0 Å². The molecule has 4 N–H and O–H groups in total. The quantitative estimate of drug-likeness (QED) is 0.668. The van der Waals surface area contributed by atoms with Crippen molar-refractivity contribution in [3.63, 3.8) is 0 Å². The molecular weight excluding hydrogens is 274 g/mol. The highest BCUT2D eigenvalue weighted by molar-refractivity contribution is 7.21. The Morgan fingerprint density at radius 1 is 1.45 bits per heavy atom. The van der Waals surface area contributed by atoms with Crippen molar-refractivity contribution in [2.24, 2.45) is 0 Å². The van der Waals surface area contributed by atoms with E-state index in [2.05, 4.69) is 26.3 Å². The lowest BCUT2D eigenvalue weighted by Gasteiger charge is -2.18. The molecule has 4 heterocycles. The van der Waals surface area contributed by atoms with Crippen LogP contribution in [0.25, 0.3) is 10.2 Å². The van der Waals surface area contributed by atoms with Gasteiger partial charge in [-0.15, -0.1) is 11.3 Å². The number of anilines is 2. The maximum atomic E-state index is 12.5. The van der Waals surface area contributed by atoms with Gasteiger partial charge in [-0.2, -0.15) is 0 Å². The summed E-state index contributed by atoms with van der Waals surface area (Å²) in [7, 11) is 0. The van der Waals surface area contributed by atoms with Gasteiger partial charge < -0.3 is 21.3 Å². The number of hydrogen-bond acceptors (Lipinski definition) is 6. The van der Waals surface area contributed by atoms with Crippen LogP contribution in [0.15, 0.2) is 12.3 Å². The molecule has 0 bridgehead atoms. The van der Waals surface area contributed by atoms with E-state index in [9.17, 15) is 4.79 Å². The van der Waals surface area contributed by atoms with E-state index in [-0.39, 0.29) is 11.9 Å². The topological polar surface area (TPSA) is 78.1 Å². The second kappa shape index (κ2) is 4.60. The Morgan fingerprint density at radius 2 is 2.40 bits per heavy atom. The van der Waals surface area contributed by atoms with Gasteiger partial charge in [0.15, 0.2) is 0 Å². The summed E-state index contributed by atoms with van der Waals surface area (Å²) in [5, 5.41) is 13.9. The van der Waals surface area contributed by atoms with Gasteiger partial charge in [0.2, 0.25) is 0 Å². The predicted molar refractivity (Wildman–Crippen MR) is 80.5 cm³/mol. The van der Waals surface area contributed by atoms with E-state index in [1.807, 2.05) is 6.07 Å². The summed E-state index contributed by atoms with van der Waals surface area (Å²) in [6.07, 6.45) is 2.77. The van der Waals surface area contributed by atoms with Crippen LogP contribution in [-0.4, -0.2) is 36.7 Å². The molecule has 4 rings (SSSR count). The highest BCUT2D eigenvalue weighted by Crippen LogP contribution is 2.40. The second-order valence-electron chi connectivity index (χ2n) is 5.04. The van der Waals surface area contributed by atoms with Crippen LogP contribution in [0.4, 0.5) is 11.4 Å². The van der Waals surface area contributed by atoms with Gasteiger partial charge in [-0.1, -0.05) is 0 Å². The predicted octanol–water partition coefficient (Wildman–Crippen LogP) is 1.18. The van der Waals surface area contributed by atoms with Crippen molar-refractivity contribution >= 4 is 38.8 Å². The van der Waals surface area contributed by atoms with Crippen molar-refractivity contribution in [3.8, 4) is 0 Å². The zero-order valence-electron chi connectivity index (χ0n) is 10.8. The number of nitrogens with zero attached hydrogens (tertiary/aromatic N) is 1. The molecule has 1 saturated heterocycles. The minimum atomic E-state index is -0.00273. The molecule has 0 aromatic carbocycles. The van der Waals surface area contributed by atoms with Gasteiger partial charge >= 0.3 is 0 Å². The summed E-state index contributed by atoms with van der Waals surface area (Å²) in [6.45, 7) is 2.46. The maximum absolute atomic E-state index is 12.5. The van der Waals surface area contributed by atoms with Gasteiger partial charge in [0.25, 0.3) is 5.91 Å². The van der Waals surface area contributed by atoms with Crippen molar-refractivity contribution in [2.45, 2.75) is 12.5 Å². The normalized spacial score (nSPS) is 20.5. The van der Waals surface area contributed by atoms with Crippen LogP contribution in [0, 0.1) is 0 Å². The number of pyridine rings is 1. The van der Waals surface area contributed by atoms with Crippen molar-refractivity contribution in [1.82, 2.24) is 15.6 Å². The molecule has 0 aliphatic carbocycles. The summed E-state index contributed by atoms with van der Waals surface area (Å²) >= 11 is 1.45. The molecule has 1 unspecified atom stereocenters. The Balaban J connectivity index is 1.73. The SMILES string of the molecule is O=C(NC1CCNC1)c1sc2nccc3c2c1NCN3. The number of nitrogens with one attached hydrogen (secondary N) is 4. The summed E-state index contributed by atoms with van der Waals surface area (Å²) < 4.78 is 0. The van der Waals surface area contributed by atoms with Gasteiger partial charge in [-0.3, -0.25) is 4.79 Å². The fourth-order valence-electron chi connectivity index (χ4n) is 2.76. The molecular formula is C13H15N5OS. The Labute approximate surface area is 120 Å². The molecule has 1 atom stereocenters. The van der Waals surface area contributed by atoms with Crippen molar-refractivity contribution in [3.05, 3.63) is 17.1 Å². The number of rotatable bonds is 2. The molecule has 104 valence electrons. The van der Waals surface area contributed by atoms with Gasteiger partial charge in [0.1, 0.15) is 9.71 Å². The Morgan fingerprint density at radius 3 is 3.25 bits per heavy atom. The Bertz CT molecular complexity index is 677. The smallest absolute Gasteiger partial charge is 0.263 e. The number of carbonyl (C=O) groups is 1. The van der Waals surface area contributed by atoms with Gasteiger partial charge in [0.05, 0.1) is 17.7 Å². The van der Waals surface area contributed by atoms with E-state index >= 15 is 0 Å². The van der Waals surface area contributed by atoms with Crippen LogP contribution in [0.1, 0.15) is 16.1 Å². The molecule has 1 amide bonds. The lowest BCUT2D eigenvalue weighted by atomic mass is 10.2. The Hall–Kier alpha value is -1.86. The first-order valence-electron chi connectivity index (χ1n) is 6.74. The molecule has 2 aliphatic rings. The monoisotopic (exact) mass is 289 g/mol. The largest absolute Gasteiger partial charge is 0.367 e. The van der Waals surface area contributed by atoms with Crippen molar-refractivity contribution < 1.29 is 4.79 Å². The van der Waals surface area contributed by atoms with Crippen molar-refractivity contribution in [1.29, 1.82) is 0 Å². The van der Waals surface area contributed by atoms with Gasteiger partial charge in [-0.25, -0.2) is 4.98 Å². The number of hydrogen-bond donors (Lipinski definition) is 4. The number of amides is 1. The molecule has 0 radical (unpaired) electrons. The van der Waals surface area contributed by atoms with Crippen LogP contribution >= 0.6 is 11.3 Å². The van der Waals surface area contributed by atoms with Crippen LogP contribution in [0.5, 0.6) is 0 Å². The van der Waals surface area contributed by atoms with Gasteiger partial charge in [0, 0.05) is 24.5 Å². The van der Waals surface area contributed by atoms with Crippen LogP contribution in [0.2, 0.25) is 0 Å². The first-order chi connectivity index (χ1) is 9.83. The highest BCUT2D eigenvalue weighted by atomic mass is 32.1. The second-order valence-corrected chi connectivity index (χ2v) is 6.04. The fraction of sp³-hybridized carbons (Fsp3) is 0.385. The highest BCUT2D eigenvalue weighted by Gasteiger charge is 2.25. The van der Waals surface area contributed by atoms with Crippen LogP contribution in [0.3, 0.4) is 0 Å².